The number of hydrogen-bond acceptors (Lipinski definition) is 3. The first kappa shape index (κ1) is 19.0. The summed E-state index contributed by atoms with van der Waals surface area (Å²) in [6.45, 7) is 4.93. The fourth-order valence-electron chi connectivity index (χ4n) is 2.49. The molecule has 0 fully saturated rings. The van der Waals surface area contributed by atoms with Crippen LogP contribution in [0.4, 0.5) is 10.5 Å². The molecule has 25 heavy (non-hydrogen) atoms. The van der Waals surface area contributed by atoms with E-state index in [2.05, 4.69) is 5.32 Å². The quantitative estimate of drug-likeness (QED) is 0.827. The van der Waals surface area contributed by atoms with Crippen molar-refractivity contribution in [3.05, 3.63) is 59.7 Å². The van der Waals surface area contributed by atoms with Gasteiger partial charge in [-0.25, -0.2) is 18.4 Å². The normalized spacial score (nSPS) is 11.2. The molecule has 0 atom stereocenters. The van der Waals surface area contributed by atoms with Crippen LogP contribution >= 0.6 is 0 Å². The Morgan fingerprint density at radius 2 is 1.84 bits per heavy atom. The number of aryl methyl sites for hydroxylation is 1. The van der Waals surface area contributed by atoms with Crippen LogP contribution in [0.25, 0.3) is 0 Å². The van der Waals surface area contributed by atoms with E-state index >= 15 is 0 Å². The maximum Gasteiger partial charge on any atom is 0.321 e. The van der Waals surface area contributed by atoms with Crippen LogP contribution in [-0.4, -0.2) is 27.5 Å². The Labute approximate surface area is 148 Å². The molecule has 0 radical (unpaired) electrons. The first-order valence-electron chi connectivity index (χ1n) is 8.05. The highest BCUT2D eigenvalue weighted by Crippen LogP contribution is 2.15. The lowest BCUT2D eigenvalue weighted by molar-refractivity contribution is 0.246. The summed E-state index contributed by atoms with van der Waals surface area (Å²) in [5.41, 5.74) is 2.88. The molecule has 134 valence electrons. The lowest BCUT2D eigenvalue weighted by atomic mass is 10.1. The zero-order chi connectivity index (χ0) is 18.4. The van der Waals surface area contributed by atoms with E-state index in [1.54, 1.807) is 17.0 Å². The highest BCUT2D eigenvalue weighted by Gasteiger charge is 2.13. The molecule has 0 aromatic heterocycles. The van der Waals surface area contributed by atoms with Gasteiger partial charge in [-0.05, 0) is 55.7 Å². The topological polar surface area (TPSA) is 92.5 Å². The molecule has 2 aromatic carbocycles. The molecule has 2 rings (SSSR count). The van der Waals surface area contributed by atoms with Crippen LogP contribution in [0, 0.1) is 6.92 Å². The third kappa shape index (κ3) is 5.30. The number of urea groups is 1. The number of primary sulfonamides is 1. The van der Waals surface area contributed by atoms with Crippen LogP contribution in [0.15, 0.2) is 53.4 Å². The summed E-state index contributed by atoms with van der Waals surface area (Å²) in [6, 6.07) is 14.0. The van der Waals surface area contributed by atoms with E-state index in [1.165, 1.54) is 12.1 Å². The largest absolute Gasteiger partial charge is 0.337 e. The van der Waals surface area contributed by atoms with Crippen molar-refractivity contribution >= 4 is 21.7 Å². The second kappa shape index (κ2) is 8.13. The van der Waals surface area contributed by atoms with Gasteiger partial charge in [0.15, 0.2) is 0 Å². The monoisotopic (exact) mass is 361 g/mol. The van der Waals surface area contributed by atoms with Gasteiger partial charge in [-0.2, -0.15) is 0 Å². The summed E-state index contributed by atoms with van der Waals surface area (Å²) in [5, 5.41) is 7.96. The fourth-order valence-corrected chi connectivity index (χ4v) is 3.01. The van der Waals surface area contributed by atoms with Gasteiger partial charge >= 0.3 is 6.03 Å². The van der Waals surface area contributed by atoms with Gasteiger partial charge in [0.05, 0.1) is 4.90 Å². The van der Waals surface area contributed by atoms with E-state index in [0.717, 1.165) is 16.8 Å². The molecule has 0 aliphatic carbocycles. The van der Waals surface area contributed by atoms with Crippen LogP contribution in [0.5, 0.6) is 0 Å². The van der Waals surface area contributed by atoms with Crippen LogP contribution in [0.1, 0.15) is 18.1 Å². The number of nitrogens with two attached hydrogens (primary N) is 1. The summed E-state index contributed by atoms with van der Waals surface area (Å²) in [5.74, 6) is 0. The average molecular weight is 361 g/mol. The summed E-state index contributed by atoms with van der Waals surface area (Å²) in [6.07, 6.45) is 0.599. The first-order valence-corrected chi connectivity index (χ1v) is 9.59. The Balaban J connectivity index is 1.93. The first-order chi connectivity index (χ1) is 11.8. The maximum absolute atomic E-state index is 12.4. The van der Waals surface area contributed by atoms with Crippen LogP contribution in [0.2, 0.25) is 0 Å². The molecule has 0 heterocycles. The molecule has 6 nitrogen and oxygen atoms in total. The Kier molecular flexibility index (Phi) is 6.17. The van der Waals surface area contributed by atoms with Gasteiger partial charge < -0.3 is 5.32 Å². The smallest absolute Gasteiger partial charge is 0.321 e. The summed E-state index contributed by atoms with van der Waals surface area (Å²) < 4.78 is 22.5. The second-order valence-corrected chi connectivity index (χ2v) is 7.32. The van der Waals surface area contributed by atoms with Crippen molar-refractivity contribution in [1.82, 2.24) is 5.32 Å². The van der Waals surface area contributed by atoms with E-state index in [4.69, 9.17) is 5.14 Å². The van der Waals surface area contributed by atoms with E-state index in [9.17, 15) is 13.2 Å². The maximum atomic E-state index is 12.4. The highest BCUT2D eigenvalue weighted by molar-refractivity contribution is 7.89. The van der Waals surface area contributed by atoms with Crippen molar-refractivity contribution in [3.8, 4) is 0 Å². The number of benzene rings is 2. The van der Waals surface area contributed by atoms with Gasteiger partial charge in [0.2, 0.25) is 10.0 Å². The molecule has 0 spiro atoms. The number of amides is 2. The molecule has 0 aliphatic rings. The predicted molar refractivity (Wildman–Crippen MR) is 99.1 cm³/mol. The van der Waals surface area contributed by atoms with Crippen molar-refractivity contribution in [3.63, 3.8) is 0 Å². The van der Waals surface area contributed by atoms with E-state index in [0.29, 0.717) is 19.5 Å². The molecule has 0 unspecified atom stereocenters. The van der Waals surface area contributed by atoms with Crippen LogP contribution in [-0.2, 0) is 16.4 Å². The van der Waals surface area contributed by atoms with Crippen molar-refractivity contribution in [1.29, 1.82) is 0 Å². The van der Waals surface area contributed by atoms with Gasteiger partial charge in [0.25, 0.3) is 0 Å². The molecule has 0 aliphatic heterocycles. The number of nitrogens with zero attached hydrogens (tertiary/aromatic N) is 1. The van der Waals surface area contributed by atoms with Crippen molar-refractivity contribution < 1.29 is 13.2 Å². The SMILES string of the molecule is CCN(C(=O)NCCc1ccc(S(N)(=O)=O)cc1)c1cccc(C)c1. The van der Waals surface area contributed by atoms with E-state index in [-0.39, 0.29) is 10.9 Å². The second-order valence-electron chi connectivity index (χ2n) is 5.75. The van der Waals surface area contributed by atoms with Crippen molar-refractivity contribution in [2.24, 2.45) is 5.14 Å². The van der Waals surface area contributed by atoms with Crippen molar-refractivity contribution in [2.45, 2.75) is 25.2 Å². The molecular formula is C18H23N3O3S. The van der Waals surface area contributed by atoms with E-state index < -0.39 is 10.0 Å². The van der Waals surface area contributed by atoms with Gasteiger partial charge in [-0.1, -0.05) is 24.3 Å². The fraction of sp³-hybridized carbons (Fsp3) is 0.278. The molecule has 2 amide bonds. The lowest BCUT2D eigenvalue weighted by Crippen LogP contribution is -2.40. The molecule has 0 saturated heterocycles. The molecule has 3 N–H and O–H groups in total. The minimum atomic E-state index is -3.68. The minimum Gasteiger partial charge on any atom is -0.337 e. The Hall–Kier alpha value is -2.38. The van der Waals surface area contributed by atoms with Crippen LogP contribution in [0.3, 0.4) is 0 Å². The average Bonchev–Trinajstić information content (AvgIpc) is 2.55. The van der Waals surface area contributed by atoms with Gasteiger partial charge in [-0.15, -0.1) is 0 Å². The minimum absolute atomic E-state index is 0.0805. The molecular weight excluding hydrogens is 338 g/mol. The number of carbonyl (C=O) groups excluding carboxylic acids is 1. The zero-order valence-corrected chi connectivity index (χ0v) is 15.2. The third-order valence-corrected chi connectivity index (χ3v) is 4.75. The van der Waals surface area contributed by atoms with Crippen molar-refractivity contribution in [2.75, 3.05) is 18.0 Å². The number of carbonyl (C=O) groups is 1. The number of hydrogen-bond donors (Lipinski definition) is 2. The standard InChI is InChI=1S/C18H23N3O3S/c1-3-21(16-6-4-5-14(2)13-16)18(22)20-12-11-15-7-9-17(10-8-15)25(19,23)24/h4-10,13H,3,11-12H2,1-2H3,(H,20,22)(H2,19,23,24). The van der Waals surface area contributed by atoms with Gasteiger partial charge in [0.1, 0.15) is 0 Å². The number of rotatable bonds is 6. The van der Waals surface area contributed by atoms with Crippen LogP contribution < -0.4 is 15.4 Å². The predicted octanol–water partition coefficient (Wildman–Crippen LogP) is 2.42. The number of nitrogens with one attached hydrogen (secondary N) is 1. The Morgan fingerprint density at radius 3 is 2.40 bits per heavy atom. The summed E-state index contributed by atoms with van der Waals surface area (Å²) in [7, 11) is -3.68. The lowest BCUT2D eigenvalue weighted by Gasteiger charge is -2.22. The number of anilines is 1. The summed E-state index contributed by atoms with van der Waals surface area (Å²) in [4.78, 5) is 14.1. The Bertz CT molecular complexity index is 833. The Morgan fingerprint density at radius 1 is 1.16 bits per heavy atom. The summed E-state index contributed by atoms with van der Waals surface area (Å²) >= 11 is 0. The zero-order valence-electron chi connectivity index (χ0n) is 14.4. The third-order valence-electron chi connectivity index (χ3n) is 3.82. The van der Waals surface area contributed by atoms with Gasteiger partial charge in [-0.3, -0.25) is 4.90 Å². The molecule has 0 bridgehead atoms. The molecule has 7 heteroatoms. The highest BCUT2D eigenvalue weighted by atomic mass is 32.2. The number of sulfonamides is 1. The van der Waals surface area contributed by atoms with Gasteiger partial charge in [0, 0.05) is 18.8 Å². The molecule has 0 saturated carbocycles. The molecule has 2 aromatic rings. The van der Waals surface area contributed by atoms with E-state index in [1.807, 2.05) is 38.1 Å².